The van der Waals surface area contributed by atoms with Crippen molar-refractivity contribution in [1.29, 1.82) is 10.8 Å². The van der Waals surface area contributed by atoms with E-state index in [1.54, 1.807) is 0 Å². The maximum absolute atomic E-state index is 7.75. The second kappa shape index (κ2) is 43.8. The molecule has 0 aromatic rings. The number of allylic oxidation sites excluding steroid dienone is 8. The van der Waals surface area contributed by atoms with Crippen molar-refractivity contribution in [3.8, 4) is 0 Å². The van der Waals surface area contributed by atoms with Crippen molar-refractivity contribution in [3.05, 3.63) is 81.5 Å². The van der Waals surface area contributed by atoms with Gasteiger partial charge in [0.05, 0.1) is 57.6 Å². The van der Waals surface area contributed by atoms with Crippen molar-refractivity contribution in [2.24, 2.45) is 0 Å². The van der Waals surface area contributed by atoms with Gasteiger partial charge in [-0.1, -0.05) is 36.5 Å². The maximum Gasteiger partial charge on any atom is 3.00 e. The van der Waals surface area contributed by atoms with Crippen molar-refractivity contribution in [3.63, 3.8) is 0 Å². The summed E-state index contributed by atoms with van der Waals surface area (Å²) in [6.45, 7) is 47.6. The minimum atomic E-state index is -0.487. The van der Waals surface area contributed by atoms with E-state index >= 15 is 0 Å². The summed E-state index contributed by atoms with van der Waals surface area (Å²) < 4.78 is 0. The molecule has 0 saturated carbocycles. The van der Waals surface area contributed by atoms with E-state index < -0.39 is 15.8 Å². The van der Waals surface area contributed by atoms with Gasteiger partial charge >= 0.3 is 34.1 Å². The van der Waals surface area contributed by atoms with Crippen LogP contribution < -0.4 is 0 Å². The molecule has 2 aliphatic rings. The van der Waals surface area contributed by atoms with Gasteiger partial charge in [-0.2, -0.15) is 0 Å². The summed E-state index contributed by atoms with van der Waals surface area (Å²) in [6, 6.07) is 0. The first-order valence-electron chi connectivity index (χ1n) is 18.9. The Bertz CT molecular complexity index is 1040. The Labute approximate surface area is 371 Å². The number of aliphatic hydroxyl groups excluding tert-OH is 1. The van der Waals surface area contributed by atoms with Gasteiger partial charge in [0.15, 0.2) is 0 Å². The Balaban J connectivity index is -0.000000136. The van der Waals surface area contributed by atoms with E-state index in [9.17, 15) is 0 Å². The van der Waals surface area contributed by atoms with Crippen LogP contribution in [0.2, 0.25) is 0 Å². The van der Waals surface area contributed by atoms with Gasteiger partial charge in [-0.25, -0.2) is 0 Å². The second-order valence-electron chi connectivity index (χ2n) is 15.1. The molecule has 0 aliphatic carbocycles. The Morgan fingerprint density at radius 3 is 0.911 bits per heavy atom. The van der Waals surface area contributed by atoms with Gasteiger partial charge in [0.25, 0.3) is 0 Å². The topological polar surface area (TPSA) is 147 Å². The van der Waals surface area contributed by atoms with Crippen LogP contribution >= 0.6 is 31.7 Å². The quantitative estimate of drug-likeness (QED) is 0.0603. The molecule has 2 rings (SSSR count). The molecule has 0 atom stereocenters. The Kier molecular flexibility index (Phi) is 54.5. The van der Waals surface area contributed by atoms with Crippen LogP contribution in [0.4, 0.5) is 0 Å². The SMILES string of the molecule is CC(C)[PH+](/C=C1/C=CC=C(C[PH+](C(C)C)C(C)C)[N-]1)C(C)C.CC(C)[PH+](/C=C1/C=CC=C(C[PH+](C(C)C)C(C)C)[N-]1)C(C)C.CO.N#N.[CH-]=O.[CH-]=O.[CH-]=O.[Mn+2].[Mn+3]. The van der Waals surface area contributed by atoms with Crippen molar-refractivity contribution in [2.45, 2.75) is 156 Å². The smallest absolute Gasteiger partial charge is 0.656 e. The predicted octanol–water partition coefficient (Wildman–Crippen LogP) is 12.2. The summed E-state index contributed by atoms with van der Waals surface area (Å²) in [7, 11) is -0.725. The monoisotopic (exact) mass is 937 g/mol. The van der Waals surface area contributed by atoms with Gasteiger partial charge in [0.2, 0.25) is 0 Å². The predicted molar refractivity (Wildman–Crippen MR) is 253 cm³/mol. The molecule has 0 unspecified atom stereocenters. The fourth-order valence-electron chi connectivity index (χ4n) is 6.26. The zero-order valence-electron chi connectivity index (χ0n) is 37.6. The normalized spacial score (nSPS) is 14.1. The van der Waals surface area contributed by atoms with E-state index in [1.807, 2.05) is 0 Å². The van der Waals surface area contributed by atoms with Gasteiger partial charge in [0.1, 0.15) is 0 Å². The van der Waals surface area contributed by atoms with Gasteiger partial charge in [0, 0.05) is 61.2 Å². The number of nitrogens with zero attached hydrogens (tertiary/aromatic N) is 4. The van der Waals surface area contributed by atoms with Crippen LogP contribution in [-0.2, 0) is 48.5 Å². The standard InChI is InChI=1S/2C19H34NP2.CH4O.3CHO.2Mn.N2/c2*1-14(2)21(15(3)4)12-18-10-9-11-19(20-18)13-22(16(5)6)17(7)8;4*1-2;;;1-2/h2*9-12,14-17H,13H2,1-8H3;2H,1H3;3*1H;;;/q2*-1;;3*-1;+2;+3;/p+4/b2*18-12-;;;;;;;. The van der Waals surface area contributed by atoms with Gasteiger partial charge in [-0.15, -0.1) is 22.8 Å². The molecular formula is C42H79Mn2N4O4P4+4. The van der Waals surface area contributed by atoms with E-state index in [-0.39, 0.29) is 50.0 Å². The molecule has 1 N–H and O–H groups in total. The first-order valence-corrected chi connectivity index (χ1v) is 26.0. The Hall–Kier alpha value is -0.811. The zero-order valence-corrected chi connectivity index (χ0v) is 44.0. The molecule has 14 heteroatoms. The Morgan fingerprint density at radius 1 is 0.518 bits per heavy atom. The summed E-state index contributed by atoms with van der Waals surface area (Å²) in [5, 5.41) is 29.0. The van der Waals surface area contributed by atoms with Gasteiger partial charge in [-0.3, -0.25) is 20.4 Å². The van der Waals surface area contributed by atoms with Crippen LogP contribution in [0.15, 0.2) is 70.9 Å². The van der Waals surface area contributed by atoms with Crippen molar-refractivity contribution in [2.75, 3.05) is 19.4 Å². The van der Waals surface area contributed by atoms with Gasteiger partial charge in [-0.05, 0) is 111 Å². The molecule has 0 saturated heterocycles. The molecular weight excluding hydrogens is 858 g/mol. The van der Waals surface area contributed by atoms with E-state index in [2.05, 4.69) is 179 Å². The molecule has 0 bridgehead atoms. The molecule has 2 heterocycles. The average molecular weight is 938 g/mol. The zero-order chi connectivity index (χ0) is 43.7. The van der Waals surface area contributed by atoms with E-state index in [4.69, 9.17) is 40.9 Å². The summed E-state index contributed by atoms with van der Waals surface area (Å²) in [6.07, 6.45) is 15.6. The molecule has 0 amide bonds. The number of carbonyl (C=O) groups excluding carboxylic acids is 3. The average Bonchev–Trinajstić information content (AvgIpc) is 3.14. The number of aliphatic hydroxyl groups is 1. The molecule has 0 fully saturated rings. The molecule has 0 aromatic heterocycles. The summed E-state index contributed by atoms with van der Waals surface area (Å²) in [4.78, 5) is 23.2. The van der Waals surface area contributed by atoms with Crippen LogP contribution in [0.1, 0.15) is 111 Å². The molecule has 8 nitrogen and oxygen atoms in total. The molecule has 0 spiro atoms. The molecule has 1 radical (unpaired) electrons. The minimum Gasteiger partial charge on any atom is -0.656 e. The third kappa shape index (κ3) is 32.1. The minimum absolute atomic E-state index is 0. The summed E-state index contributed by atoms with van der Waals surface area (Å²) >= 11 is 0. The molecule has 0 aromatic carbocycles. The fourth-order valence-corrected chi connectivity index (χ4v) is 16.8. The van der Waals surface area contributed by atoms with Crippen LogP contribution in [0, 0.1) is 10.8 Å². The first-order chi connectivity index (χ1) is 25.4. The largest absolute Gasteiger partial charge is 3.00 e. The molecule has 321 valence electrons. The van der Waals surface area contributed by atoms with Gasteiger partial charge < -0.3 is 30.1 Å². The van der Waals surface area contributed by atoms with Crippen molar-refractivity contribution < 1.29 is 53.6 Å². The first kappa shape index (κ1) is 69.8. The van der Waals surface area contributed by atoms with Crippen molar-refractivity contribution >= 4 is 52.1 Å². The summed E-state index contributed by atoms with van der Waals surface area (Å²) in [5.74, 6) is 4.97. The number of hydrogen-bond acceptors (Lipinski definition) is 6. The van der Waals surface area contributed by atoms with E-state index in [0.29, 0.717) is 0 Å². The number of hydrogen-bond donors (Lipinski definition) is 1. The van der Waals surface area contributed by atoms with Crippen LogP contribution in [0.3, 0.4) is 0 Å². The maximum atomic E-state index is 7.75. The van der Waals surface area contributed by atoms with Crippen molar-refractivity contribution in [1.82, 2.24) is 0 Å². The van der Waals surface area contributed by atoms with E-state index in [0.717, 1.165) is 52.4 Å². The second-order valence-corrected chi connectivity index (χ2v) is 30.0. The molecule has 2 aliphatic heterocycles. The Morgan fingerprint density at radius 2 is 0.732 bits per heavy atom. The van der Waals surface area contributed by atoms with Crippen LogP contribution in [-0.4, -0.2) is 90.2 Å². The van der Waals surface area contributed by atoms with E-state index in [1.165, 1.54) is 35.1 Å². The van der Waals surface area contributed by atoms with Crippen LogP contribution in [0.5, 0.6) is 0 Å². The molecule has 56 heavy (non-hydrogen) atoms. The summed E-state index contributed by atoms with van der Waals surface area (Å²) in [5.41, 5.74) is 11.3. The number of rotatable bonds is 14. The third-order valence-corrected chi connectivity index (χ3v) is 22.8. The van der Waals surface area contributed by atoms with Crippen LogP contribution in [0.25, 0.3) is 10.6 Å². The fraction of sp³-hybridized carbons (Fsp3) is 0.643. The third-order valence-electron chi connectivity index (χ3n) is 8.69.